The fraction of sp³-hybridized carbons (Fsp3) is 0.286. The van der Waals surface area contributed by atoms with Crippen LogP contribution in [0.4, 0.5) is 0 Å². The third-order valence-electron chi connectivity index (χ3n) is 3.71. The quantitative estimate of drug-likeness (QED) is 0.736. The Balaban J connectivity index is 1.99. The maximum Gasteiger partial charge on any atom is 0.244 e. The molecule has 1 N–H and O–H groups in total. The molecule has 0 atom stereocenters. The summed E-state index contributed by atoms with van der Waals surface area (Å²) >= 11 is 0. The summed E-state index contributed by atoms with van der Waals surface area (Å²) < 4.78 is 11.1. The molecule has 0 saturated carbocycles. The minimum Gasteiger partial charge on any atom is -0.490 e. The Morgan fingerprint density at radius 1 is 1.04 bits per heavy atom. The van der Waals surface area contributed by atoms with Gasteiger partial charge in [0.05, 0.1) is 13.2 Å². The van der Waals surface area contributed by atoms with E-state index < -0.39 is 0 Å². The highest BCUT2D eigenvalue weighted by atomic mass is 16.5. The largest absolute Gasteiger partial charge is 0.490 e. The van der Waals surface area contributed by atoms with Crippen LogP contribution in [0.3, 0.4) is 0 Å². The van der Waals surface area contributed by atoms with Gasteiger partial charge in [0, 0.05) is 12.6 Å². The van der Waals surface area contributed by atoms with Crippen LogP contribution in [0.1, 0.15) is 30.5 Å². The van der Waals surface area contributed by atoms with Crippen molar-refractivity contribution in [3.8, 4) is 11.5 Å². The maximum absolute atomic E-state index is 12.0. The van der Waals surface area contributed by atoms with E-state index in [0.717, 1.165) is 11.1 Å². The third kappa shape index (κ3) is 5.68. The Hall–Kier alpha value is -2.75. The molecule has 2 rings (SSSR count). The molecule has 0 fully saturated rings. The van der Waals surface area contributed by atoms with Gasteiger partial charge < -0.3 is 14.8 Å². The average molecular weight is 339 g/mol. The van der Waals surface area contributed by atoms with Gasteiger partial charge in [0.15, 0.2) is 11.5 Å². The highest BCUT2D eigenvalue weighted by molar-refractivity contribution is 5.91. The topological polar surface area (TPSA) is 47.6 Å². The average Bonchev–Trinajstić information content (AvgIpc) is 2.61. The molecule has 1 amide bonds. The smallest absolute Gasteiger partial charge is 0.244 e. The molecule has 0 heterocycles. The second-order valence-corrected chi connectivity index (χ2v) is 5.55. The van der Waals surface area contributed by atoms with Crippen LogP contribution < -0.4 is 14.8 Å². The molecular weight excluding hydrogens is 314 g/mol. The Morgan fingerprint density at radius 2 is 1.76 bits per heavy atom. The van der Waals surface area contributed by atoms with Gasteiger partial charge in [-0.3, -0.25) is 4.79 Å². The minimum absolute atomic E-state index is 0.130. The molecule has 0 aliphatic carbocycles. The molecule has 0 aliphatic rings. The third-order valence-corrected chi connectivity index (χ3v) is 3.71. The first-order valence-electron chi connectivity index (χ1n) is 8.54. The number of hydrogen-bond acceptors (Lipinski definition) is 3. The van der Waals surface area contributed by atoms with Crippen LogP contribution in [0, 0.1) is 6.92 Å². The zero-order valence-electron chi connectivity index (χ0n) is 15.0. The Bertz CT molecular complexity index is 738. The van der Waals surface area contributed by atoms with Crippen molar-refractivity contribution in [1.82, 2.24) is 5.32 Å². The number of carbonyl (C=O) groups excluding carboxylic acids is 1. The van der Waals surface area contributed by atoms with E-state index in [2.05, 4.69) is 5.32 Å². The van der Waals surface area contributed by atoms with Crippen LogP contribution >= 0.6 is 0 Å². The van der Waals surface area contributed by atoms with Gasteiger partial charge in [0.25, 0.3) is 0 Å². The van der Waals surface area contributed by atoms with Gasteiger partial charge in [-0.25, -0.2) is 0 Å². The van der Waals surface area contributed by atoms with Crippen molar-refractivity contribution in [2.45, 2.75) is 27.3 Å². The van der Waals surface area contributed by atoms with Gasteiger partial charge in [-0.1, -0.05) is 30.3 Å². The number of aryl methyl sites for hydroxylation is 1. The first kappa shape index (κ1) is 18.6. The van der Waals surface area contributed by atoms with Crippen molar-refractivity contribution < 1.29 is 14.3 Å². The van der Waals surface area contributed by atoms with Crippen molar-refractivity contribution in [3.63, 3.8) is 0 Å². The van der Waals surface area contributed by atoms with Crippen LogP contribution in [0.5, 0.6) is 11.5 Å². The number of amides is 1. The first-order chi connectivity index (χ1) is 12.1. The molecular formula is C21H25NO3. The standard InChI is InChI=1S/C21H25NO3/c1-4-24-19-12-10-17(14-20(19)25-5-2)11-13-21(23)22-15-18-9-7-6-8-16(18)3/h6-14H,4-5,15H2,1-3H3,(H,22,23)/b13-11+. The molecule has 132 valence electrons. The number of benzene rings is 2. The molecule has 4 nitrogen and oxygen atoms in total. The zero-order chi connectivity index (χ0) is 18.1. The van der Waals surface area contributed by atoms with Gasteiger partial charge in [0.1, 0.15) is 0 Å². The summed E-state index contributed by atoms with van der Waals surface area (Å²) in [7, 11) is 0. The molecule has 4 heteroatoms. The molecule has 25 heavy (non-hydrogen) atoms. The minimum atomic E-state index is -0.130. The zero-order valence-corrected chi connectivity index (χ0v) is 15.0. The molecule has 2 aromatic carbocycles. The summed E-state index contributed by atoms with van der Waals surface area (Å²) in [6, 6.07) is 13.6. The normalized spacial score (nSPS) is 10.7. The van der Waals surface area contributed by atoms with E-state index >= 15 is 0 Å². The van der Waals surface area contributed by atoms with Crippen molar-refractivity contribution in [3.05, 3.63) is 65.2 Å². The number of carbonyl (C=O) groups is 1. The molecule has 2 aromatic rings. The lowest BCUT2D eigenvalue weighted by Gasteiger charge is -2.11. The SMILES string of the molecule is CCOc1ccc(/C=C/C(=O)NCc2ccccc2C)cc1OCC. The predicted octanol–water partition coefficient (Wildman–Crippen LogP) is 4.12. The van der Waals surface area contributed by atoms with Crippen molar-refractivity contribution >= 4 is 12.0 Å². The van der Waals surface area contributed by atoms with Gasteiger partial charge in [-0.15, -0.1) is 0 Å². The van der Waals surface area contributed by atoms with Gasteiger partial charge in [0.2, 0.25) is 5.91 Å². The maximum atomic E-state index is 12.0. The van der Waals surface area contributed by atoms with Crippen molar-refractivity contribution in [2.75, 3.05) is 13.2 Å². The van der Waals surface area contributed by atoms with E-state index in [1.54, 1.807) is 6.08 Å². The molecule has 0 saturated heterocycles. The number of ether oxygens (including phenoxy) is 2. The van der Waals surface area contributed by atoms with Crippen LogP contribution in [-0.2, 0) is 11.3 Å². The Labute approximate surface area is 149 Å². The summed E-state index contributed by atoms with van der Waals surface area (Å²) in [6.45, 7) is 7.55. The van der Waals surface area contributed by atoms with Crippen LogP contribution in [-0.4, -0.2) is 19.1 Å². The van der Waals surface area contributed by atoms with E-state index in [-0.39, 0.29) is 5.91 Å². The summed E-state index contributed by atoms with van der Waals surface area (Å²) in [5.74, 6) is 1.27. The number of nitrogens with one attached hydrogen (secondary N) is 1. The van der Waals surface area contributed by atoms with Gasteiger partial charge in [-0.05, 0) is 55.7 Å². The Morgan fingerprint density at radius 3 is 2.48 bits per heavy atom. The summed E-state index contributed by atoms with van der Waals surface area (Å²) in [5, 5.41) is 2.90. The van der Waals surface area contributed by atoms with Crippen LogP contribution in [0.25, 0.3) is 6.08 Å². The first-order valence-corrected chi connectivity index (χ1v) is 8.54. The summed E-state index contributed by atoms with van der Waals surface area (Å²) in [6.07, 6.45) is 3.30. The lowest BCUT2D eigenvalue weighted by Crippen LogP contribution is -2.20. The van der Waals surface area contributed by atoms with Crippen LogP contribution in [0.2, 0.25) is 0 Å². The monoisotopic (exact) mass is 339 g/mol. The van der Waals surface area contributed by atoms with E-state index in [1.165, 1.54) is 11.6 Å². The summed E-state index contributed by atoms with van der Waals surface area (Å²) in [4.78, 5) is 12.0. The fourth-order valence-electron chi connectivity index (χ4n) is 2.39. The van der Waals surface area contributed by atoms with Gasteiger partial charge >= 0.3 is 0 Å². The van der Waals surface area contributed by atoms with Crippen LogP contribution in [0.15, 0.2) is 48.5 Å². The highest BCUT2D eigenvalue weighted by Crippen LogP contribution is 2.28. The number of rotatable bonds is 8. The molecule has 0 aliphatic heterocycles. The van der Waals surface area contributed by atoms with Gasteiger partial charge in [-0.2, -0.15) is 0 Å². The molecule has 0 unspecified atom stereocenters. The second-order valence-electron chi connectivity index (χ2n) is 5.55. The van der Waals surface area contributed by atoms with E-state index in [0.29, 0.717) is 31.3 Å². The predicted molar refractivity (Wildman–Crippen MR) is 101 cm³/mol. The molecule has 0 aromatic heterocycles. The van der Waals surface area contributed by atoms with E-state index in [4.69, 9.17) is 9.47 Å². The van der Waals surface area contributed by atoms with E-state index in [1.807, 2.05) is 63.2 Å². The van der Waals surface area contributed by atoms with Crippen molar-refractivity contribution in [1.29, 1.82) is 0 Å². The molecule has 0 spiro atoms. The lowest BCUT2D eigenvalue weighted by molar-refractivity contribution is -0.116. The lowest BCUT2D eigenvalue weighted by atomic mass is 10.1. The molecule has 0 bridgehead atoms. The Kier molecular flexibility index (Phi) is 7.08. The number of hydrogen-bond donors (Lipinski definition) is 1. The molecule has 0 radical (unpaired) electrons. The van der Waals surface area contributed by atoms with E-state index in [9.17, 15) is 4.79 Å². The second kappa shape index (κ2) is 9.52. The highest BCUT2D eigenvalue weighted by Gasteiger charge is 2.05. The summed E-state index contributed by atoms with van der Waals surface area (Å²) in [5.41, 5.74) is 3.17. The fourth-order valence-corrected chi connectivity index (χ4v) is 2.39. The van der Waals surface area contributed by atoms with Crippen molar-refractivity contribution in [2.24, 2.45) is 0 Å².